The molecule has 1 heterocycles. The van der Waals surface area contributed by atoms with Gasteiger partial charge in [-0.05, 0) is 42.3 Å². The zero-order valence-electron chi connectivity index (χ0n) is 16.9. The van der Waals surface area contributed by atoms with E-state index in [1.807, 2.05) is 6.92 Å². The van der Waals surface area contributed by atoms with Crippen LogP contribution in [0.2, 0.25) is 0 Å². The summed E-state index contributed by atoms with van der Waals surface area (Å²) in [5.74, 6) is -1.41. The van der Waals surface area contributed by atoms with Crippen molar-refractivity contribution in [2.45, 2.75) is 26.2 Å². The van der Waals surface area contributed by atoms with Gasteiger partial charge in [0.25, 0.3) is 5.91 Å². The van der Waals surface area contributed by atoms with E-state index in [-0.39, 0.29) is 19.0 Å². The number of rotatable bonds is 6. The molecule has 1 aliphatic heterocycles. The summed E-state index contributed by atoms with van der Waals surface area (Å²) >= 11 is 0. The highest BCUT2D eigenvalue weighted by molar-refractivity contribution is 6.35. The first-order valence-electron chi connectivity index (χ1n) is 9.80. The van der Waals surface area contributed by atoms with Gasteiger partial charge in [0.15, 0.2) is 0 Å². The standard InChI is InChI=1S/C22H22F3N3O3/c1-2-27-11-12-28(21(31)20(27)30)14-16-3-7-17(8-4-16)19(29)26-13-15-5-9-18(10-6-15)22(23,24)25/h3-10H,2,11-14H2,1H3,(H,26,29). The zero-order valence-corrected chi connectivity index (χ0v) is 16.9. The molecule has 0 unspecified atom stereocenters. The van der Waals surface area contributed by atoms with Crippen LogP contribution in [0.5, 0.6) is 0 Å². The Bertz CT molecular complexity index is 957. The number of alkyl halides is 3. The lowest BCUT2D eigenvalue weighted by molar-refractivity contribution is -0.156. The van der Waals surface area contributed by atoms with Gasteiger partial charge in [0.05, 0.1) is 5.56 Å². The lowest BCUT2D eigenvalue weighted by atomic mass is 10.1. The monoisotopic (exact) mass is 433 g/mol. The van der Waals surface area contributed by atoms with Crippen LogP contribution in [-0.4, -0.2) is 47.2 Å². The average molecular weight is 433 g/mol. The first-order chi connectivity index (χ1) is 14.7. The number of likely N-dealkylation sites (N-methyl/N-ethyl adjacent to an activating group) is 1. The number of amides is 3. The van der Waals surface area contributed by atoms with Crippen LogP contribution in [0.4, 0.5) is 13.2 Å². The third kappa shape index (κ3) is 5.42. The summed E-state index contributed by atoms with van der Waals surface area (Å²) in [5.41, 5.74) is 0.973. The van der Waals surface area contributed by atoms with Crippen LogP contribution in [0.1, 0.15) is 34.0 Å². The number of halogens is 3. The molecule has 1 N–H and O–H groups in total. The predicted octanol–water partition coefficient (Wildman–Crippen LogP) is 2.83. The summed E-state index contributed by atoms with van der Waals surface area (Å²) in [7, 11) is 0. The van der Waals surface area contributed by atoms with Crippen molar-refractivity contribution < 1.29 is 27.6 Å². The van der Waals surface area contributed by atoms with Gasteiger partial charge in [-0.25, -0.2) is 0 Å². The van der Waals surface area contributed by atoms with Gasteiger partial charge < -0.3 is 15.1 Å². The Morgan fingerprint density at radius 3 is 2.03 bits per heavy atom. The van der Waals surface area contributed by atoms with Crippen LogP contribution in [0, 0.1) is 0 Å². The summed E-state index contributed by atoms with van der Waals surface area (Å²) in [6, 6.07) is 11.2. The topological polar surface area (TPSA) is 69.7 Å². The van der Waals surface area contributed by atoms with Gasteiger partial charge in [-0.3, -0.25) is 14.4 Å². The number of carbonyl (C=O) groups is 3. The van der Waals surface area contributed by atoms with Crippen molar-refractivity contribution in [1.29, 1.82) is 0 Å². The van der Waals surface area contributed by atoms with E-state index >= 15 is 0 Å². The largest absolute Gasteiger partial charge is 0.416 e. The third-order valence-corrected chi connectivity index (χ3v) is 5.10. The molecule has 0 radical (unpaired) electrons. The molecule has 9 heteroatoms. The highest BCUT2D eigenvalue weighted by atomic mass is 19.4. The summed E-state index contributed by atoms with van der Waals surface area (Å²) in [6.45, 7) is 3.63. The minimum Gasteiger partial charge on any atom is -0.348 e. The van der Waals surface area contributed by atoms with Gasteiger partial charge >= 0.3 is 18.0 Å². The van der Waals surface area contributed by atoms with Crippen molar-refractivity contribution >= 4 is 17.7 Å². The lowest BCUT2D eigenvalue weighted by Gasteiger charge is -2.33. The van der Waals surface area contributed by atoms with E-state index in [1.54, 1.807) is 24.3 Å². The normalized spacial score (nSPS) is 14.7. The molecule has 1 saturated heterocycles. The average Bonchev–Trinajstić information content (AvgIpc) is 2.75. The SMILES string of the molecule is CCN1CCN(Cc2ccc(C(=O)NCc3ccc(C(F)(F)F)cc3)cc2)C(=O)C1=O. The number of nitrogens with one attached hydrogen (secondary N) is 1. The molecule has 0 atom stereocenters. The van der Waals surface area contributed by atoms with Crippen molar-refractivity contribution in [2.75, 3.05) is 19.6 Å². The molecular weight excluding hydrogens is 411 g/mol. The summed E-state index contributed by atoms with van der Waals surface area (Å²) in [6.07, 6.45) is -4.40. The molecule has 2 aromatic rings. The summed E-state index contributed by atoms with van der Waals surface area (Å²) < 4.78 is 37.8. The van der Waals surface area contributed by atoms with Gasteiger partial charge in [0.1, 0.15) is 0 Å². The van der Waals surface area contributed by atoms with E-state index in [4.69, 9.17) is 0 Å². The van der Waals surface area contributed by atoms with E-state index in [1.165, 1.54) is 21.9 Å². The highest BCUT2D eigenvalue weighted by Gasteiger charge is 2.31. The van der Waals surface area contributed by atoms with Gasteiger partial charge in [0.2, 0.25) is 0 Å². The Hall–Kier alpha value is -3.36. The van der Waals surface area contributed by atoms with Crippen LogP contribution in [0.15, 0.2) is 48.5 Å². The number of benzene rings is 2. The van der Waals surface area contributed by atoms with Crippen LogP contribution in [0.3, 0.4) is 0 Å². The Balaban J connectivity index is 1.54. The quantitative estimate of drug-likeness (QED) is 0.713. The molecule has 6 nitrogen and oxygen atoms in total. The van der Waals surface area contributed by atoms with Gasteiger partial charge in [-0.15, -0.1) is 0 Å². The fourth-order valence-electron chi connectivity index (χ4n) is 3.25. The first-order valence-corrected chi connectivity index (χ1v) is 9.80. The zero-order chi connectivity index (χ0) is 22.6. The van der Waals surface area contributed by atoms with Gasteiger partial charge in [-0.2, -0.15) is 13.2 Å². The lowest BCUT2D eigenvalue weighted by Crippen LogP contribution is -2.53. The van der Waals surface area contributed by atoms with E-state index in [9.17, 15) is 27.6 Å². The van der Waals surface area contributed by atoms with Gasteiger partial charge in [0, 0.05) is 38.3 Å². The molecule has 3 rings (SSSR count). The molecule has 164 valence electrons. The fraction of sp³-hybridized carbons (Fsp3) is 0.318. The van der Waals surface area contributed by atoms with Crippen molar-refractivity contribution in [1.82, 2.24) is 15.1 Å². The minimum absolute atomic E-state index is 0.0943. The highest BCUT2D eigenvalue weighted by Crippen LogP contribution is 2.29. The molecular formula is C22H22F3N3O3. The van der Waals surface area contributed by atoms with Crippen LogP contribution >= 0.6 is 0 Å². The molecule has 3 amide bonds. The maximum atomic E-state index is 12.6. The smallest absolute Gasteiger partial charge is 0.348 e. The van der Waals surface area contributed by atoms with Crippen LogP contribution in [0.25, 0.3) is 0 Å². The maximum absolute atomic E-state index is 12.6. The van der Waals surface area contributed by atoms with Crippen molar-refractivity contribution in [2.24, 2.45) is 0 Å². The first kappa shape index (κ1) is 22.3. The molecule has 2 aromatic carbocycles. The van der Waals surface area contributed by atoms with Crippen LogP contribution in [-0.2, 0) is 28.9 Å². The van der Waals surface area contributed by atoms with Crippen molar-refractivity contribution in [3.05, 3.63) is 70.8 Å². The number of nitrogens with zero attached hydrogens (tertiary/aromatic N) is 2. The minimum atomic E-state index is -4.40. The van der Waals surface area contributed by atoms with Crippen molar-refractivity contribution in [3.8, 4) is 0 Å². The molecule has 0 spiro atoms. The summed E-state index contributed by atoms with van der Waals surface area (Å²) in [5, 5.41) is 2.66. The number of carbonyl (C=O) groups excluding carboxylic acids is 3. The molecule has 1 fully saturated rings. The molecule has 0 bridgehead atoms. The fourth-order valence-corrected chi connectivity index (χ4v) is 3.25. The van der Waals surface area contributed by atoms with E-state index in [0.717, 1.165) is 17.7 Å². The Morgan fingerprint density at radius 2 is 1.45 bits per heavy atom. The second-order valence-electron chi connectivity index (χ2n) is 7.19. The van der Waals surface area contributed by atoms with Crippen LogP contribution < -0.4 is 5.32 Å². The Morgan fingerprint density at radius 1 is 0.903 bits per heavy atom. The predicted molar refractivity (Wildman–Crippen MR) is 107 cm³/mol. The molecule has 0 saturated carbocycles. The van der Waals surface area contributed by atoms with E-state index < -0.39 is 23.6 Å². The number of hydrogen-bond acceptors (Lipinski definition) is 3. The molecule has 0 aliphatic carbocycles. The Kier molecular flexibility index (Phi) is 6.62. The number of hydrogen-bond donors (Lipinski definition) is 1. The number of piperazine rings is 1. The van der Waals surface area contributed by atoms with E-state index in [2.05, 4.69) is 5.32 Å². The van der Waals surface area contributed by atoms with Gasteiger partial charge in [-0.1, -0.05) is 24.3 Å². The van der Waals surface area contributed by atoms with E-state index in [0.29, 0.717) is 30.8 Å². The Labute approximate surface area is 177 Å². The summed E-state index contributed by atoms with van der Waals surface area (Å²) in [4.78, 5) is 39.4. The second kappa shape index (κ2) is 9.20. The molecule has 31 heavy (non-hydrogen) atoms. The third-order valence-electron chi connectivity index (χ3n) is 5.10. The molecule has 0 aromatic heterocycles. The second-order valence-corrected chi connectivity index (χ2v) is 7.19. The van der Waals surface area contributed by atoms with Crippen molar-refractivity contribution in [3.63, 3.8) is 0 Å². The maximum Gasteiger partial charge on any atom is 0.416 e. The molecule has 1 aliphatic rings.